The number of rotatable bonds is 11. The fraction of sp³-hybridized carbons (Fsp3) is 0.692. The maximum atomic E-state index is 6.44. The van der Waals surface area contributed by atoms with Crippen LogP contribution in [0.2, 0.25) is 0 Å². The van der Waals surface area contributed by atoms with Crippen molar-refractivity contribution in [2.45, 2.75) is 122 Å². The summed E-state index contributed by atoms with van der Waals surface area (Å²) in [7, 11) is 0. The molecular formula is C39H58N6O. The van der Waals surface area contributed by atoms with Crippen molar-refractivity contribution in [3.8, 4) is 11.5 Å². The Morgan fingerprint density at radius 1 is 0.587 bits per heavy atom. The Kier molecular flexibility index (Phi) is 7.67. The Morgan fingerprint density at radius 3 is 1.48 bits per heavy atom. The SMILES string of the molecule is CCC1C2C(C(C)C(C)(C)c3ccc(Oc4ccc(C(C)(C)C(CC)C5C6C(CC)N7CN6CN5C7)cc4)cc3)N3CN1CN2C3. The molecule has 10 rings (SSSR count). The fourth-order valence-corrected chi connectivity index (χ4v) is 11.3. The summed E-state index contributed by atoms with van der Waals surface area (Å²) < 4.78 is 6.44. The van der Waals surface area contributed by atoms with Gasteiger partial charge in [0.1, 0.15) is 11.5 Å². The molecule has 0 aromatic heterocycles. The van der Waals surface area contributed by atoms with Crippen LogP contribution in [0.25, 0.3) is 0 Å². The van der Waals surface area contributed by atoms with E-state index in [0.717, 1.165) is 51.5 Å². The third-order valence-corrected chi connectivity index (χ3v) is 14.0. The molecule has 7 heteroatoms. The van der Waals surface area contributed by atoms with Crippen molar-refractivity contribution in [3.63, 3.8) is 0 Å². The number of ether oxygens (including phenoxy) is 1. The highest BCUT2D eigenvalue weighted by molar-refractivity contribution is 5.39. The van der Waals surface area contributed by atoms with E-state index >= 15 is 0 Å². The summed E-state index contributed by atoms with van der Waals surface area (Å²) in [6.45, 7) is 26.4. The number of hydrogen-bond donors (Lipinski definition) is 0. The average Bonchev–Trinajstić information content (AvgIpc) is 3.64. The molecular weight excluding hydrogens is 568 g/mol. The number of hydrogen-bond acceptors (Lipinski definition) is 7. The quantitative estimate of drug-likeness (QED) is 0.287. The predicted molar refractivity (Wildman–Crippen MR) is 186 cm³/mol. The van der Waals surface area contributed by atoms with Gasteiger partial charge >= 0.3 is 0 Å². The molecule has 14 atom stereocenters. The van der Waals surface area contributed by atoms with Gasteiger partial charge in [-0.15, -0.1) is 0 Å². The molecule has 8 fully saturated rings. The van der Waals surface area contributed by atoms with Gasteiger partial charge in [-0.25, -0.2) is 0 Å². The monoisotopic (exact) mass is 626 g/mol. The highest BCUT2D eigenvalue weighted by Gasteiger charge is 2.60. The summed E-state index contributed by atoms with van der Waals surface area (Å²) >= 11 is 0. The van der Waals surface area contributed by atoms with E-state index in [-0.39, 0.29) is 10.8 Å². The lowest BCUT2D eigenvalue weighted by molar-refractivity contribution is -0.00809. The molecule has 0 radical (unpaired) electrons. The van der Waals surface area contributed by atoms with E-state index in [9.17, 15) is 0 Å². The number of nitrogens with zero attached hydrogens (tertiary/aromatic N) is 6. The smallest absolute Gasteiger partial charge is 0.127 e. The van der Waals surface area contributed by atoms with E-state index in [0.29, 0.717) is 48.1 Å². The molecule has 0 spiro atoms. The Morgan fingerprint density at radius 2 is 1.00 bits per heavy atom. The number of benzene rings is 2. The van der Waals surface area contributed by atoms with Crippen molar-refractivity contribution in [1.29, 1.82) is 0 Å². The van der Waals surface area contributed by atoms with Gasteiger partial charge in [-0.3, -0.25) is 29.4 Å². The Hall–Kier alpha value is -2.00. The normalized spacial score (nSPS) is 40.2. The Bertz CT molecular complexity index is 1410. The van der Waals surface area contributed by atoms with Gasteiger partial charge in [0.05, 0.1) is 40.0 Å². The Labute approximate surface area is 278 Å². The van der Waals surface area contributed by atoms with Crippen LogP contribution in [0.4, 0.5) is 0 Å². The molecule has 2 aromatic rings. The first kappa shape index (κ1) is 31.3. The molecule has 0 amide bonds. The molecule has 8 saturated heterocycles. The second kappa shape index (κ2) is 11.3. The van der Waals surface area contributed by atoms with Crippen LogP contribution in [0.3, 0.4) is 0 Å². The summed E-state index contributed by atoms with van der Waals surface area (Å²) in [6, 6.07) is 22.0. The molecule has 46 heavy (non-hydrogen) atoms. The van der Waals surface area contributed by atoms with Gasteiger partial charge in [0.15, 0.2) is 0 Å². The van der Waals surface area contributed by atoms with Crippen LogP contribution in [0.5, 0.6) is 11.5 Å². The van der Waals surface area contributed by atoms with Crippen molar-refractivity contribution in [2.75, 3.05) is 40.0 Å². The van der Waals surface area contributed by atoms with Gasteiger partial charge in [-0.2, -0.15) is 0 Å². The lowest BCUT2D eigenvalue weighted by Gasteiger charge is -2.48. The lowest BCUT2D eigenvalue weighted by Crippen LogP contribution is -2.60. The standard InChI is InChI=1S/C39H58N6O/c1-9-31(35-37-33(11-3)41-21-43(35)25-45(37)23-41)39(7,8)28-14-18-30(19-15-28)46-29-16-12-27(13-17-29)38(5,6)26(4)34-36-32(10-2)40-20-42(34)24-44(36)22-40/h12-19,26,31-37H,9-11,20-25H2,1-8H3. The maximum absolute atomic E-state index is 6.44. The second-order valence-corrected chi connectivity index (χ2v) is 16.7. The summed E-state index contributed by atoms with van der Waals surface area (Å²) in [6.07, 6.45) is 3.70. The molecule has 2 aromatic carbocycles. The fourth-order valence-electron chi connectivity index (χ4n) is 11.3. The van der Waals surface area contributed by atoms with Gasteiger partial charge in [0.25, 0.3) is 0 Å². The minimum absolute atomic E-state index is 0.0733. The topological polar surface area (TPSA) is 28.7 Å². The third kappa shape index (κ3) is 4.59. The lowest BCUT2D eigenvalue weighted by atomic mass is 9.66. The van der Waals surface area contributed by atoms with Gasteiger partial charge in [-0.05, 0) is 70.9 Å². The van der Waals surface area contributed by atoms with Crippen molar-refractivity contribution in [3.05, 3.63) is 59.7 Å². The van der Waals surface area contributed by atoms with Crippen molar-refractivity contribution in [2.24, 2.45) is 11.8 Å². The molecule has 0 N–H and O–H groups in total. The first-order valence-corrected chi connectivity index (χ1v) is 18.4. The highest BCUT2D eigenvalue weighted by atomic mass is 16.5. The second-order valence-electron chi connectivity index (χ2n) is 16.7. The van der Waals surface area contributed by atoms with E-state index in [2.05, 4.69) is 133 Å². The minimum Gasteiger partial charge on any atom is -0.457 e. The third-order valence-electron chi connectivity index (χ3n) is 14.0. The maximum Gasteiger partial charge on any atom is 0.127 e. The van der Waals surface area contributed by atoms with Crippen molar-refractivity contribution >= 4 is 0 Å². The van der Waals surface area contributed by atoms with Crippen molar-refractivity contribution in [1.82, 2.24) is 29.4 Å². The summed E-state index contributed by atoms with van der Waals surface area (Å²) in [5.41, 5.74) is 2.98. The van der Waals surface area contributed by atoms with Crippen LogP contribution >= 0.6 is 0 Å². The van der Waals surface area contributed by atoms with Crippen LogP contribution in [-0.2, 0) is 10.8 Å². The van der Waals surface area contributed by atoms with Crippen LogP contribution in [0.15, 0.2) is 48.5 Å². The summed E-state index contributed by atoms with van der Waals surface area (Å²) in [5, 5.41) is 0. The molecule has 250 valence electrons. The molecule has 8 aliphatic rings. The first-order valence-electron chi connectivity index (χ1n) is 18.4. The average molecular weight is 627 g/mol. The van der Waals surface area contributed by atoms with E-state index in [4.69, 9.17) is 4.74 Å². The van der Waals surface area contributed by atoms with E-state index < -0.39 is 0 Å². The summed E-state index contributed by atoms with van der Waals surface area (Å²) in [5.74, 6) is 3.00. The van der Waals surface area contributed by atoms with Gasteiger partial charge in [0.2, 0.25) is 0 Å². The first-order chi connectivity index (χ1) is 22.1. The minimum atomic E-state index is 0.0733. The van der Waals surface area contributed by atoms with Gasteiger partial charge in [0, 0.05) is 36.3 Å². The van der Waals surface area contributed by atoms with Gasteiger partial charge < -0.3 is 4.74 Å². The van der Waals surface area contributed by atoms with E-state index in [1.165, 1.54) is 30.4 Å². The summed E-state index contributed by atoms with van der Waals surface area (Å²) in [4.78, 5) is 16.3. The van der Waals surface area contributed by atoms with Crippen LogP contribution in [0.1, 0.15) is 85.8 Å². The van der Waals surface area contributed by atoms with Crippen molar-refractivity contribution < 1.29 is 4.74 Å². The molecule has 8 bridgehead atoms. The molecule has 8 aliphatic heterocycles. The zero-order valence-corrected chi connectivity index (χ0v) is 29.7. The molecule has 0 saturated carbocycles. The molecule has 0 aliphatic carbocycles. The molecule has 8 heterocycles. The van der Waals surface area contributed by atoms with E-state index in [1.807, 2.05) is 0 Å². The predicted octanol–water partition coefficient (Wildman–Crippen LogP) is 6.37. The largest absolute Gasteiger partial charge is 0.457 e. The van der Waals surface area contributed by atoms with E-state index in [1.54, 1.807) is 0 Å². The highest BCUT2D eigenvalue weighted by Crippen LogP contribution is 2.49. The van der Waals surface area contributed by atoms with Crippen LogP contribution < -0.4 is 4.74 Å². The Balaban J connectivity index is 0.945. The molecule has 7 nitrogen and oxygen atoms in total. The zero-order chi connectivity index (χ0) is 32.1. The van der Waals surface area contributed by atoms with Crippen LogP contribution in [0, 0.1) is 11.8 Å². The zero-order valence-electron chi connectivity index (χ0n) is 29.7. The molecule has 14 unspecified atom stereocenters. The van der Waals surface area contributed by atoms with Gasteiger partial charge in [-0.1, -0.05) is 86.1 Å². The van der Waals surface area contributed by atoms with Crippen LogP contribution in [-0.4, -0.2) is 106 Å².